The van der Waals surface area contributed by atoms with Crippen molar-refractivity contribution < 1.29 is 14.3 Å². The molecular weight excluding hydrogens is 537 g/mol. The minimum absolute atomic E-state index is 0.248. The Bertz CT molecular complexity index is 1470. The largest absolute Gasteiger partial charge is 0.489 e. The fourth-order valence-electron chi connectivity index (χ4n) is 4.57. The van der Waals surface area contributed by atoms with Crippen LogP contribution in [0.25, 0.3) is 0 Å². The first-order valence-corrected chi connectivity index (χ1v) is 13.2. The van der Waals surface area contributed by atoms with E-state index < -0.39 is 17.9 Å². The maximum absolute atomic E-state index is 13.3. The fourth-order valence-corrected chi connectivity index (χ4v) is 4.82. The predicted octanol–water partition coefficient (Wildman–Crippen LogP) is 4.46. The van der Waals surface area contributed by atoms with Gasteiger partial charge in [0.25, 0.3) is 5.91 Å². The van der Waals surface area contributed by atoms with Crippen molar-refractivity contribution in [3.63, 3.8) is 0 Å². The third-order valence-electron chi connectivity index (χ3n) is 6.61. The molecule has 8 nitrogen and oxygen atoms in total. The number of carbonyl (C=O) groups is 2. The highest BCUT2D eigenvalue weighted by Gasteiger charge is 2.27. The number of anilines is 1. The van der Waals surface area contributed by atoms with E-state index in [1.165, 1.54) is 0 Å². The standard InChI is InChI=1S/C29H27Cl2N5O3/c30-21-8-4-19(5-9-21)14-25(28(32)37)34-29(38)24-2-1-3-26-27(24)39-13-12-35(26)17-23-15-33-18-36(23)16-20-6-10-22(31)11-7-20/h1-11,15,18,25H,12-14,16-17H2,(H2,32,37)(H,34,38)/t25-/m0/s1. The summed E-state index contributed by atoms with van der Waals surface area (Å²) in [6.07, 6.45) is 3.90. The molecule has 3 aromatic carbocycles. The van der Waals surface area contributed by atoms with E-state index in [9.17, 15) is 9.59 Å². The lowest BCUT2D eigenvalue weighted by molar-refractivity contribution is -0.119. The number of nitrogens with zero attached hydrogens (tertiary/aromatic N) is 3. The number of imidazole rings is 1. The van der Waals surface area contributed by atoms with Crippen molar-refractivity contribution in [3.8, 4) is 5.75 Å². The topological polar surface area (TPSA) is 102 Å². The van der Waals surface area contributed by atoms with E-state index >= 15 is 0 Å². The first-order chi connectivity index (χ1) is 18.9. The molecule has 10 heteroatoms. The average Bonchev–Trinajstić information content (AvgIpc) is 3.36. The van der Waals surface area contributed by atoms with Gasteiger partial charge in [-0.15, -0.1) is 0 Å². The molecule has 3 N–H and O–H groups in total. The lowest BCUT2D eigenvalue weighted by Crippen LogP contribution is -2.46. The van der Waals surface area contributed by atoms with E-state index in [0.717, 1.165) is 22.5 Å². The molecule has 200 valence electrons. The highest BCUT2D eigenvalue weighted by molar-refractivity contribution is 6.30. The molecule has 0 spiro atoms. The number of aromatic nitrogens is 2. The Morgan fingerprint density at radius 3 is 2.36 bits per heavy atom. The van der Waals surface area contributed by atoms with Gasteiger partial charge in [0.05, 0.1) is 36.4 Å². The smallest absolute Gasteiger partial charge is 0.255 e. The van der Waals surface area contributed by atoms with E-state index in [1.807, 2.05) is 36.5 Å². The van der Waals surface area contributed by atoms with E-state index in [0.29, 0.717) is 47.6 Å². The molecule has 0 radical (unpaired) electrons. The quantitative estimate of drug-likeness (QED) is 0.313. The van der Waals surface area contributed by atoms with Crippen LogP contribution in [0, 0.1) is 0 Å². The Balaban J connectivity index is 1.33. The molecule has 0 fully saturated rings. The summed E-state index contributed by atoms with van der Waals surface area (Å²) in [7, 11) is 0. The summed E-state index contributed by atoms with van der Waals surface area (Å²) in [4.78, 5) is 32.0. The second-order valence-electron chi connectivity index (χ2n) is 9.32. The van der Waals surface area contributed by atoms with E-state index in [-0.39, 0.29) is 6.42 Å². The Morgan fingerprint density at radius 1 is 0.974 bits per heavy atom. The van der Waals surface area contributed by atoms with Crippen LogP contribution < -0.4 is 20.7 Å². The number of hydrogen-bond donors (Lipinski definition) is 2. The molecule has 39 heavy (non-hydrogen) atoms. The first kappa shape index (κ1) is 26.6. The summed E-state index contributed by atoms with van der Waals surface area (Å²) in [5, 5.41) is 4.06. The van der Waals surface area contributed by atoms with Crippen molar-refractivity contribution in [3.05, 3.63) is 112 Å². The number of fused-ring (bicyclic) bond motifs is 1. The molecule has 0 saturated carbocycles. The van der Waals surface area contributed by atoms with Gasteiger partial charge in [-0.25, -0.2) is 4.98 Å². The predicted molar refractivity (Wildman–Crippen MR) is 151 cm³/mol. The second kappa shape index (κ2) is 11.8. The number of ether oxygens (including phenoxy) is 1. The SMILES string of the molecule is NC(=O)[C@H](Cc1ccc(Cl)cc1)NC(=O)c1cccc2c1OCCN2Cc1cncn1Cc1ccc(Cl)cc1. The molecule has 0 saturated heterocycles. The van der Waals surface area contributed by atoms with Crippen LogP contribution in [-0.4, -0.2) is 40.6 Å². The number of para-hydroxylation sites is 1. The highest BCUT2D eigenvalue weighted by atomic mass is 35.5. The van der Waals surface area contributed by atoms with E-state index in [2.05, 4.69) is 19.8 Å². The molecule has 1 aromatic heterocycles. The molecular formula is C29H27Cl2N5O3. The molecule has 0 unspecified atom stereocenters. The maximum atomic E-state index is 13.3. The normalized spacial score (nSPS) is 13.3. The molecule has 2 heterocycles. The number of primary amides is 1. The third kappa shape index (κ3) is 6.35. The molecule has 1 aliphatic heterocycles. The maximum Gasteiger partial charge on any atom is 0.255 e. The van der Waals surface area contributed by atoms with Gasteiger partial charge in [-0.05, 0) is 47.5 Å². The molecule has 2 amide bonds. The fraction of sp³-hybridized carbons (Fsp3) is 0.207. The van der Waals surface area contributed by atoms with Crippen molar-refractivity contribution in [1.29, 1.82) is 0 Å². The summed E-state index contributed by atoms with van der Waals surface area (Å²) in [5.41, 5.74) is 9.72. The van der Waals surface area contributed by atoms with Gasteiger partial charge in [0.2, 0.25) is 5.91 Å². The minimum Gasteiger partial charge on any atom is -0.489 e. The molecule has 1 atom stereocenters. The number of halogens is 2. The Labute approximate surface area is 236 Å². The van der Waals surface area contributed by atoms with Gasteiger partial charge in [0, 0.05) is 29.2 Å². The van der Waals surface area contributed by atoms with Crippen molar-refractivity contribution in [2.75, 3.05) is 18.1 Å². The van der Waals surface area contributed by atoms with E-state index in [4.69, 9.17) is 33.7 Å². The first-order valence-electron chi connectivity index (χ1n) is 12.5. The number of benzene rings is 3. The number of nitrogens with one attached hydrogen (secondary N) is 1. The van der Waals surface area contributed by atoms with Gasteiger partial charge in [-0.1, -0.05) is 53.5 Å². The molecule has 5 rings (SSSR count). The van der Waals surface area contributed by atoms with Crippen LogP contribution in [0.1, 0.15) is 27.2 Å². The van der Waals surface area contributed by atoms with Crippen molar-refractivity contribution in [1.82, 2.24) is 14.9 Å². The Hall–Kier alpha value is -4.01. The third-order valence-corrected chi connectivity index (χ3v) is 7.11. The molecule has 0 bridgehead atoms. The number of amides is 2. The molecule has 4 aromatic rings. The van der Waals surface area contributed by atoms with Crippen LogP contribution in [0.2, 0.25) is 10.0 Å². The average molecular weight is 564 g/mol. The number of nitrogens with two attached hydrogens (primary N) is 1. The molecule has 1 aliphatic rings. The lowest BCUT2D eigenvalue weighted by atomic mass is 10.0. The number of carbonyl (C=O) groups excluding carboxylic acids is 2. The zero-order chi connectivity index (χ0) is 27.4. The van der Waals surface area contributed by atoms with Gasteiger partial charge in [-0.2, -0.15) is 0 Å². The summed E-state index contributed by atoms with van der Waals surface area (Å²) < 4.78 is 8.05. The van der Waals surface area contributed by atoms with Crippen molar-refractivity contribution >= 4 is 40.7 Å². The van der Waals surface area contributed by atoms with Gasteiger partial charge < -0.3 is 25.3 Å². The monoisotopic (exact) mass is 563 g/mol. The van der Waals surface area contributed by atoms with Crippen LogP contribution in [0.3, 0.4) is 0 Å². The van der Waals surface area contributed by atoms with Crippen LogP contribution >= 0.6 is 23.2 Å². The zero-order valence-electron chi connectivity index (χ0n) is 21.0. The van der Waals surface area contributed by atoms with Crippen LogP contribution in [-0.2, 0) is 24.3 Å². The number of hydrogen-bond acceptors (Lipinski definition) is 5. The van der Waals surface area contributed by atoms with Gasteiger partial charge in [0.1, 0.15) is 12.6 Å². The van der Waals surface area contributed by atoms with Crippen LogP contribution in [0.4, 0.5) is 5.69 Å². The summed E-state index contributed by atoms with van der Waals surface area (Å²) in [6.45, 7) is 2.29. The number of rotatable bonds is 9. The summed E-state index contributed by atoms with van der Waals surface area (Å²) in [5.74, 6) is -0.585. The summed E-state index contributed by atoms with van der Waals surface area (Å²) >= 11 is 12.0. The van der Waals surface area contributed by atoms with Crippen molar-refractivity contribution in [2.45, 2.75) is 25.6 Å². The minimum atomic E-state index is -0.892. The van der Waals surface area contributed by atoms with Gasteiger partial charge in [-0.3, -0.25) is 9.59 Å². The highest BCUT2D eigenvalue weighted by Crippen LogP contribution is 2.36. The summed E-state index contributed by atoms with van der Waals surface area (Å²) in [6, 6.07) is 19.3. The van der Waals surface area contributed by atoms with Crippen molar-refractivity contribution in [2.24, 2.45) is 5.73 Å². The zero-order valence-corrected chi connectivity index (χ0v) is 22.5. The van der Waals surface area contributed by atoms with Crippen LogP contribution in [0.5, 0.6) is 5.75 Å². The van der Waals surface area contributed by atoms with Gasteiger partial charge >= 0.3 is 0 Å². The Morgan fingerprint density at radius 2 is 1.67 bits per heavy atom. The Kier molecular flexibility index (Phi) is 8.05. The lowest BCUT2D eigenvalue weighted by Gasteiger charge is -2.32. The van der Waals surface area contributed by atoms with Crippen LogP contribution in [0.15, 0.2) is 79.3 Å². The van der Waals surface area contributed by atoms with E-state index in [1.54, 1.807) is 42.7 Å². The molecule has 0 aliphatic carbocycles. The second-order valence-corrected chi connectivity index (χ2v) is 10.2. The van der Waals surface area contributed by atoms with Gasteiger partial charge in [0.15, 0.2) is 5.75 Å².